The summed E-state index contributed by atoms with van der Waals surface area (Å²) in [4.78, 5) is 14.7. The van der Waals surface area contributed by atoms with Crippen molar-refractivity contribution in [3.05, 3.63) is 35.2 Å². The average molecular weight is 266 g/mol. The molecule has 2 heterocycles. The van der Waals surface area contributed by atoms with Crippen molar-refractivity contribution < 1.29 is 14.3 Å². The number of carbonyl (C=O) groups is 1. The van der Waals surface area contributed by atoms with E-state index in [9.17, 15) is 4.79 Å². The fourth-order valence-electron chi connectivity index (χ4n) is 1.53. The van der Waals surface area contributed by atoms with Crippen LogP contribution in [0.25, 0.3) is 0 Å². The second-order valence-electron chi connectivity index (χ2n) is 4.01. The first kappa shape index (κ1) is 12.6. The summed E-state index contributed by atoms with van der Waals surface area (Å²) in [6.07, 6.45) is 3.40. The molecule has 0 aliphatic carbocycles. The second-order valence-corrected chi connectivity index (χ2v) is 4.86. The standard InChI is InChI=1S/C12H14N2O3S/c1-8(4-5-9-3-2-6-17-9)13-12-14-10(7-18-12)11(15)16/h2-3,6-8H,4-5H2,1H3,(H,13,14)(H,15,16). The average Bonchev–Trinajstić information content (AvgIpc) is 2.96. The van der Waals surface area contributed by atoms with Crippen LogP contribution in [0.3, 0.4) is 0 Å². The third-order valence-electron chi connectivity index (χ3n) is 2.50. The van der Waals surface area contributed by atoms with Gasteiger partial charge in [0.15, 0.2) is 10.8 Å². The highest BCUT2D eigenvalue weighted by molar-refractivity contribution is 7.13. The van der Waals surface area contributed by atoms with Gasteiger partial charge in [0.2, 0.25) is 0 Å². The number of furan rings is 1. The lowest BCUT2D eigenvalue weighted by Crippen LogP contribution is -2.15. The molecule has 0 fully saturated rings. The van der Waals surface area contributed by atoms with Crippen LogP contribution >= 0.6 is 11.3 Å². The number of hydrogen-bond acceptors (Lipinski definition) is 5. The van der Waals surface area contributed by atoms with Crippen molar-refractivity contribution in [2.45, 2.75) is 25.8 Å². The molecule has 2 N–H and O–H groups in total. The number of carboxylic acid groups (broad SMARTS) is 1. The van der Waals surface area contributed by atoms with Crippen LogP contribution in [0.2, 0.25) is 0 Å². The summed E-state index contributed by atoms with van der Waals surface area (Å²) in [7, 11) is 0. The Morgan fingerprint density at radius 1 is 1.67 bits per heavy atom. The molecule has 2 aromatic rings. The minimum atomic E-state index is -0.998. The molecule has 0 bridgehead atoms. The molecule has 2 aromatic heterocycles. The lowest BCUT2D eigenvalue weighted by atomic mass is 10.1. The zero-order valence-corrected chi connectivity index (χ0v) is 10.7. The quantitative estimate of drug-likeness (QED) is 0.840. The van der Waals surface area contributed by atoms with Gasteiger partial charge in [0.25, 0.3) is 0 Å². The van der Waals surface area contributed by atoms with E-state index < -0.39 is 5.97 Å². The number of rotatable bonds is 6. The van der Waals surface area contributed by atoms with E-state index in [-0.39, 0.29) is 11.7 Å². The Balaban J connectivity index is 1.82. The molecule has 0 aliphatic rings. The zero-order valence-electron chi connectivity index (χ0n) is 9.92. The lowest BCUT2D eigenvalue weighted by Gasteiger charge is -2.11. The summed E-state index contributed by atoms with van der Waals surface area (Å²) in [6, 6.07) is 4.02. The second kappa shape index (κ2) is 5.68. The van der Waals surface area contributed by atoms with Crippen LogP contribution in [-0.4, -0.2) is 22.1 Å². The molecule has 0 aromatic carbocycles. The summed E-state index contributed by atoms with van der Waals surface area (Å²) < 4.78 is 5.25. The minimum absolute atomic E-state index is 0.0840. The van der Waals surface area contributed by atoms with Crippen LogP contribution in [-0.2, 0) is 6.42 Å². The summed E-state index contributed by atoms with van der Waals surface area (Å²) in [5, 5.41) is 14.1. The highest BCUT2D eigenvalue weighted by atomic mass is 32.1. The maximum atomic E-state index is 10.7. The smallest absolute Gasteiger partial charge is 0.355 e. The van der Waals surface area contributed by atoms with Gasteiger partial charge in [0, 0.05) is 17.8 Å². The Hall–Kier alpha value is -1.82. The highest BCUT2D eigenvalue weighted by Crippen LogP contribution is 2.17. The number of hydrogen-bond donors (Lipinski definition) is 2. The molecule has 0 amide bonds. The van der Waals surface area contributed by atoms with Gasteiger partial charge in [-0.3, -0.25) is 0 Å². The van der Waals surface area contributed by atoms with Crippen LogP contribution in [0, 0.1) is 0 Å². The molecule has 96 valence electrons. The van der Waals surface area contributed by atoms with Gasteiger partial charge in [0.05, 0.1) is 6.26 Å². The number of thiazole rings is 1. The normalized spacial score (nSPS) is 12.3. The van der Waals surface area contributed by atoms with Gasteiger partial charge >= 0.3 is 5.97 Å². The first-order valence-electron chi connectivity index (χ1n) is 5.63. The van der Waals surface area contributed by atoms with Crippen LogP contribution in [0.4, 0.5) is 5.13 Å². The van der Waals surface area contributed by atoms with Crippen molar-refractivity contribution in [1.29, 1.82) is 0 Å². The molecule has 1 unspecified atom stereocenters. The molecule has 1 atom stereocenters. The van der Waals surface area contributed by atoms with Crippen LogP contribution in [0.5, 0.6) is 0 Å². The third-order valence-corrected chi connectivity index (χ3v) is 3.27. The van der Waals surface area contributed by atoms with Gasteiger partial charge in [0.1, 0.15) is 5.76 Å². The molecule has 0 saturated heterocycles. The molecular weight excluding hydrogens is 252 g/mol. The van der Waals surface area contributed by atoms with Crippen LogP contribution in [0.15, 0.2) is 28.2 Å². The molecule has 0 aliphatic heterocycles. The van der Waals surface area contributed by atoms with Gasteiger partial charge in [-0.05, 0) is 25.5 Å². The van der Waals surface area contributed by atoms with Crippen molar-refractivity contribution >= 4 is 22.4 Å². The molecule has 6 heteroatoms. The fraction of sp³-hybridized carbons (Fsp3) is 0.333. The van der Waals surface area contributed by atoms with Crippen LogP contribution < -0.4 is 5.32 Å². The summed E-state index contributed by atoms with van der Waals surface area (Å²) in [5.41, 5.74) is 0.0840. The number of aryl methyl sites for hydroxylation is 1. The third kappa shape index (κ3) is 3.33. The molecule has 18 heavy (non-hydrogen) atoms. The van der Waals surface area contributed by atoms with Crippen molar-refractivity contribution in [3.8, 4) is 0 Å². The largest absolute Gasteiger partial charge is 0.476 e. The Morgan fingerprint density at radius 2 is 2.50 bits per heavy atom. The first-order chi connectivity index (χ1) is 8.65. The monoisotopic (exact) mass is 266 g/mol. The van der Waals surface area contributed by atoms with E-state index in [4.69, 9.17) is 9.52 Å². The SMILES string of the molecule is CC(CCc1ccco1)Nc1nc(C(=O)O)cs1. The Labute approximate surface area is 108 Å². The van der Waals surface area contributed by atoms with E-state index in [1.54, 1.807) is 6.26 Å². The highest BCUT2D eigenvalue weighted by Gasteiger charge is 2.10. The lowest BCUT2D eigenvalue weighted by molar-refractivity contribution is 0.0691. The summed E-state index contributed by atoms with van der Waals surface area (Å²) in [6.45, 7) is 2.03. The number of nitrogens with zero attached hydrogens (tertiary/aromatic N) is 1. The maximum absolute atomic E-state index is 10.7. The summed E-state index contributed by atoms with van der Waals surface area (Å²) in [5.74, 6) is -0.0449. The first-order valence-corrected chi connectivity index (χ1v) is 6.51. The molecule has 2 rings (SSSR count). The zero-order chi connectivity index (χ0) is 13.0. The van der Waals surface area contributed by atoms with Gasteiger partial charge < -0.3 is 14.8 Å². The topological polar surface area (TPSA) is 75.4 Å². The predicted molar refractivity (Wildman–Crippen MR) is 69.2 cm³/mol. The molecular formula is C12H14N2O3S. The van der Waals surface area contributed by atoms with Crippen molar-refractivity contribution in [2.24, 2.45) is 0 Å². The van der Waals surface area contributed by atoms with Gasteiger partial charge in [-0.2, -0.15) is 0 Å². The predicted octanol–water partition coefficient (Wildman–Crippen LogP) is 2.87. The number of anilines is 1. The number of aromatic carboxylic acids is 1. The number of aromatic nitrogens is 1. The Bertz CT molecular complexity index is 507. The maximum Gasteiger partial charge on any atom is 0.355 e. The van der Waals surface area contributed by atoms with Gasteiger partial charge in [-0.25, -0.2) is 9.78 Å². The van der Waals surface area contributed by atoms with Crippen LogP contribution in [0.1, 0.15) is 29.6 Å². The van der Waals surface area contributed by atoms with Gasteiger partial charge in [-0.15, -0.1) is 11.3 Å². The van der Waals surface area contributed by atoms with Crippen molar-refractivity contribution in [2.75, 3.05) is 5.32 Å². The van der Waals surface area contributed by atoms with E-state index in [0.29, 0.717) is 5.13 Å². The van der Waals surface area contributed by atoms with E-state index in [1.807, 2.05) is 19.1 Å². The van der Waals surface area contributed by atoms with E-state index >= 15 is 0 Å². The Morgan fingerprint density at radius 3 is 3.11 bits per heavy atom. The molecule has 0 spiro atoms. The van der Waals surface area contributed by atoms with E-state index in [1.165, 1.54) is 16.7 Å². The van der Waals surface area contributed by atoms with Crippen molar-refractivity contribution in [1.82, 2.24) is 4.98 Å². The molecule has 0 saturated carbocycles. The van der Waals surface area contributed by atoms with Crippen molar-refractivity contribution in [3.63, 3.8) is 0 Å². The Kier molecular flexibility index (Phi) is 3.99. The van der Waals surface area contributed by atoms with Gasteiger partial charge in [-0.1, -0.05) is 0 Å². The number of carboxylic acids is 1. The fourth-order valence-corrected chi connectivity index (χ4v) is 2.33. The van der Waals surface area contributed by atoms with E-state index in [0.717, 1.165) is 18.6 Å². The van der Waals surface area contributed by atoms with E-state index in [2.05, 4.69) is 10.3 Å². The molecule has 5 nitrogen and oxygen atoms in total. The molecule has 0 radical (unpaired) electrons. The number of nitrogens with one attached hydrogen (secondary N) is 1. The minimum Gasteiger partial charge on any atom is -0.476 e. The summed E-state index contributed by atoms with van der Waals surface area (Å²) >= 11 is 1.30.